The van der Waals surface area contributed by atoms with Crippen molar-refractivity contribution in [1.82, 2.24) is 15.5 Å². The van der Waals surface area contributed by atoms with E-state index in [-0.39, 0.29) is 30.7 Å². The molecule has 2 bridgehead atoms. The lowest BCUT2D eigenvalue weighted by atomic mass is 9.82. The molecule has 4 nitrogen and oxygen atoms in total. The maximum Gasteiger partial charge on any atom is 0.234 e. The van der Waals surface area contributed by atoms with Gasteiger partial charge in [0.1, 0.15) is 0 Å². The second-order valence-electron chi connectivity index (χ2n) is 6.23. The lowest BCUT2D eigenvalue weighted by Gasteiger charge is -2.23. The van der Waals surface area contributed by atoms with Gasteiger partial charge in [-0.25, -0.2) is 0 Å². The van der Waals surface area contributed by atoms with Gasteiger partial charge in [-0.1, -0.05) is 6.07 Å². The molecule has 0 aliphatic carbocycles. The lowest BCUT2D eigenvalue weighted by molar-refractivity contribution is -0.122. The van der Waals surface area contributed by atoms with E-state index in [9.17, 15) is 4.79 Å². The Kier molecular flexibility index (Phi) is 6.14. The molecule has 0 unspecified atom stereocenters. The van der Waals surface area contributed by atoms with E-state index in [0.717, 1.165) is 24.9 Å². The van der Waals surface area contributed by atoms with Crippen molar-refractivity contribution in [3.63, 3.8) is 0 Å². The maximum atomic E-state index is 12.2. The number of amides is 1. The highest BCUT2D eigenvalue weighted by Gasteiger charge is 2.54. The molecule has 0 saturated carbocycles. The van der Waals surface area contributed by atoms with Gasteiger partial charge in [-0.15, -0.1) is 36.2 Å². The summed E-state index contributed by atoms with van der Waals surface area (Å²) >= 11 is 1.70. The Labute approximate surface area is 147 Å². The van der Waals surface area contributed by atoms with Crippen molar-refractivity contribution in [2.75, 3.05) is 19.6 Å². The largest absolute Gasteiger partial charge is 0.350 e. The highest BCUT2D eigenvalue weighted by Crippen LogP contribution is 2.46. The first-order valence-corrected chi connectivity index (χ1v) is 8.46. The summed E-state index contributed by atoms with van der Waals surface area (Å²) in [6, 6.07) is 5.39. The van der Waals surface area contributed by atoms with Crippen LogP contribution in [0.3, 0.4) is 0 Å². The van der Waals surface area contributed by atoms with Gasteiger partial charge in [-0.05, 0) is 49.2 Å². The van der Waals surface area contributed by atoms with E-state index in [1.165, 1.54) is 17.7 Å². The molecule has 0 aromatic carbocycles. The fourth-order valence-corrected chi connectivity index (χ4v) is 5.10. The minimum atomic E-state index is 0. The van der Waals surface area contributed by atoms with Crippen molar-refractivity contribution >= 4 is 42.1 Å². The number of carbonyl (C=O) groups is 1. The van der Waals surface area contributed by atoms with Crippen LogP contribution in [0.4, 0.5) is 0 Å². The van der Waals surface area contributed by atoms with Crippen LogP contribution in [0.25, 0.3) is 0 Å². The first kappa shape index (κ1) is 18.0. The van der Waals surface area contributed by atoms with E-state index in [1.807, 2.05) is 6.07 Å². The third-order valence-corrected chi connectivity index (χ3v) is 6.15. The average Bonchev–Trinajstić information content (AvgIpc) is 3.19. The third kappa shape index (κ3) is 3.15. The molecule has 0 radical (unpaired) electrons. The van der Waals surface area contributed by atoms with E-state index >= 15 is 0 Å². The number of nitrogens with one attached hydrogen (secondary N) is 2. The van der Waals surface area contributed by atoms with E-state index < -0.39 is 0 Å². The van der Waals surface area contributed by atoms with Crippen LogP contribution in [0.15, 0.2) is 17.5 Å². The van der Waals surface area contributed by atoms with Gasteiger partial charge in [0.05, 0.1) is 13.1 Å². The van der Waals surface area contributed by atoms with Gasteiger partial charge in [0.15, 0.2) is 0 Å². The molecule has 1 amide bonds. The van der Waals surface area contributed by atoms with Crippen molar-refractivity contribution in [2.24, 2.45) is 11.8 Å². The Morgan fingerprint density at radius 3 is 2.55 bits per heavy atom. The minimum Gasteiger partial charge on any atom is -0.350 e. The smallest absolute Gasteiger partial charge is 0.234 e. The van der Waals surface area contributed by atoms with Crippen molar-refractivity contribution in [3.8, 4) is 0 Å². The molecule has 3 aliphatic rings. The predicted octanol–water partition coefficient (Wildman–Crippen LogP) is 1.89. The van der Waals surface area contributed by atoms with E-state index in [1.54, 1.807) is 11.3 Å². The van der Waals surface area contributed by atoms with Crippen LogP contribution < -0.4 is 10.6 Å². The summed E-state index contributed by atoms with van der Waals surface area (Å²) < 4.78 is 0. The number of rotatable bonds is 4. The molecule has 3 fully saturated rings. The lowest BCUT2D eigenvalue weighted by Crippen LogP contribution is -2.42. The molecule has 0 spiro atoms. The van der Waals surface area contributed by atoms with Crippen LogP contribution in [0, 0.1) is 11.8 Å². The summed E-state index contributed by atoms with van der Waals surface area (Å²) in [7, 11) is 0. The SMILES string of the molecule is Cl.Cl.O=C(CN1[C@@H]2CC[C@H]1[C@H]1CNC[C@H]12)NCc1cccs1. The molecule has 1 aromatic rings. The average molecular weight is 364 g/mol. The standard InChI is InChI=1S/C15H21N3OS.2ClH/c19-15(17-6-10-2-1-5-20-10)9-18-13-3-4-14(18)12-8-16-7-11(12)13;;/h1-2,5,11-14,16H,3-4,6-9H2,(H,17,19);2*1H/t11-,12+,13-,14+;;. The highest BCUT2D eigenvalue weighted by atomic mass is 35.5. The number of hydrogen-bond donors (Lipinski definition) is 2. The molecular weight excluding hydrogens is 341 g/mol. The van der Waals surface area contributed by atoms with Gasteiger partial charge in [0, 0.05) is 17.0 Å². The van der Waals surface area contributed by atoms with Gasteiger partial charge in [-0.2, -0.15) is 0 Å². The number of halogens is 2. The van der Waals surface area contributed by atoms with E-state index in [2.05, 4.69) is 27.0 Å². The molecule has 1 aromatic heterocycles. The Morgan fingerprint density at radius 1 is 1.27 bits per heavy atom. The van der Waals surface area contributed by atoms with E-state index in [4.69, 9.17) is 0 Å². The number of hydrogen-bond acceptors (Lipinski definition) is 4. The number of thiophene rings is 1. The maximum absolute atomic E-state index is 12.2. The van der Waals surface area contributed by atoms with Gasteiger partial charge in [-0.3, -0.25) is 9.69 Å². The highest BCUT2D eigenvalue weighted by molar-refractivity contribution is 7.09. The molecule has 4 atom stereocenters. The van der Waals surface area contributed by atoms with Crippen molar-refractivity contribution in [3.05, 3.63) is 22.4 Å². The zero-order valence-corrected chi connectivity index (χ0v) is 14.8. The fourth-order valence-electron chi connectivity index (χ4n) is 4.46. The Morgan fingerprint density at radius 2 is 1.95 bits per heavy atom. The second kappa shape index (κ2) is 7.49. The number of fused-ring (bicyclic) bond motifs is 5. The van der Waals surface area contributed by atoms with Gasteiger partial charge < -0.3 is 10.6 Å². The molecule has 124 valence electrons. The van der Waals surface area contributed by atoms with Gasteiger partial charge in [0.2, 0.25) is 5.91 Å². The monoisotopic (exact) mass is 363 g/mol. The predicted molar refractivity (Wildman–Crippen MR) is 94.0 cm³/mol. The molecular formula is C15H23Cl2N3OS. The van der Waals surface area contributed by atoms with Crippen molar-refractivity contribution in [2.45, 2.75) is 31.5 Å². The summed E-state index contributed by atoms with van der Waals surface area (Å²) in [6.07, 6.45) is 2.57. The fraction of sp³-hybridized carbons (Fsp3) is 0.667. The van der Waals surface area contributed by atoms with Crippen LogP contribution >= 0.6 is 36.2 Å². The zero-order valence-electron chi connectivity index (χ0n) is 12.4. The van der Waals surface area contributed by atoms with Crippen LogP contribution in [0.2, 0.25) is 0 Å². The summed E-state index contributed by atoms with van der Waals surface area (Å²) in [5.41, 5.74) is 0. The minimum absolute atomic E-state index is 0. The Bertz CT molecular complexity index is 481. The number of nitrogens with zero attached hydrogens (tertiary/aromatic N) is 1. The summed E-state index contributed by atoms with van der Waals surface area (Å²) in [4.78, 5) is 15.9. The topological polar surface area (TPSA) is 44.4 Å². The van der Waals surface area contributed by atoms with Crippen molar-refractivity contribution in [1.29, 1.82) is 0 Å². The molecule has 7 heteroatoms. The summed E-state index contributed by atoms with van der Waals surface area (Å²) in [6.45, 7) is 3.57. The van der Waals surface area contributed by atoms with Crippen LogP contribution in [-0.4, -0.2) is 42.5 Å². The van der Waals surface area contributed by atoms with E-state index in [0.29, 0.717) is 25.2 Å². The Hall–Kier alpha value is -0.330. The molecule has 22 heavy (non-hydrogen) atoms. The second-order valence-corrected chi connectivity index (χ2v) is 7.26. The van der Waals surface area contributed by atoms with Gasteiger partial charge in [0.25, 0.3) is 0 Å². The molecule has 4 rings (SSSR count). The first-order chi connectivity index (χ1) is 9.83. The van der Waals surface area contributed by atoms with Crippen LogP contribution in [0.1, 0.15) is 17.7 Å². The number of carbonyl (C=O) groups excluding carboxylic acids is 1. The van der Waals surface area contributed by atoms with Gasteiger partial charge >= 0.3 is 0 Å². The normalized spacial score (nSPS) is 32.2. The molecule has 4 heterocycles. The zero-order chi connectivity index (χ0) is 13.5. The first-order valence-electron chi connectivity index (χ1n) is 7.58. The molecule has 2 N–H and O–H groups in total. The van der Waals surface area contributed by atoms with Crippen LogP contribution in [-0.2, 0) is 11.3 Å². The molecule has 3 saturated heterocycles. The summed E-state index contributed by atoms with van der Waals surface area (Å²) in [5.74, 6) is 1.76. The van der Waals surface area contributed by atoms with Crippen molar-refractivity contribution < 1.29 is 4.79 Å². The Balaban J connectivity index is 0.000000882. The quantitative estimate of drug-likeness (QED) is 0.858. The third-order valence-electron chi connectivity index (χ3n) is 5.27. The summed E-state index contributed by atoms with van der Waals surface area (Å²) in [5, 5.41) is 8.63. The molecule has 3 aliphatic heterocycles. The van der Waals surface area contributed by atoms with Crippen LogP contribution in [0.5, 0.6) is 0 Å².